The van der Waals surface area contributed by atoms with E-state index in [2.05, 4.69) is 27.0 Å². The maximum absolute atomic E-state index is 12.9. The van der Waals surface area contributed by atoms with E-state index in [1.807, 2.05) is 27.7 Å². The molecule has 0 radical (unpaired) electrons. The van der Waals surface area contributed by atoms with E-state index in [9.17, 15) is 19.6 Å². The minimum atomic E-state index is -0.782. The van der Waals surface area contributed by atoms with Gasteiger partial charge in [-0.15, -0.1) is 0 Å². The van der Waals surface area contributed by atoms with Crippen LogP contribution in [-0.4, -0.2) is 40.3 Å². The molecule has 0 spiro atoms. The van der Waals surface area contributed by atoms with Crippen molar-refractivity contribution in [1.29, 1.82) is 5.26 Å². The number of nitriles is 1. The summed E-state index contributed by atoms with van der Waals surface area (Å²) in [4.78, 5) is 40.7. The first-order valence-electron chi connectivity index (χ1n) is 10.6. The van der Waals surface area contributed by atoms with Crippen LogP contribution in [0.4, 0.5) is 0 Å². The van der Waals surface area contributed by atoms with Gasteiger partial charge in [-0.25, -0.2) is 0 Å². The van der Waals surface area contributed by atoms with E-state index in [-0.39, 0.29) is 35.6 Å². The van der Waals surface area contributed by atoms with Gasteiger partial charge in [0.15, 0.2) is 0 Å². The number of carbonyl (C=O) groups excluding carboxylic acids is 3. The molecule has 162 valence electrons. The van der Waals surface area contributed by atoms with Crippen molar-refractivity contribution in [2.75, 3.05) is 0 Å². The van der Waals surface area contributed by atoms with Crippen molar-refractivity contribution < 1.29 is 14.4 Å². The fraction of sp³-hybridized carbons (Fsp3) is 0.636. The zero-order valence-corrected chi connectivity index (χ0v) is 18.1. The molecule has 2 heterocycles. The van der Waals surface area contributed by atoms with Gasteiger partial charge >= 0.3 is 0 Å². The number of nitrogens with one attached hydrogen (secondary N) is 4. The lowest BCUT2D eigenvalue weighted by Gasteiger charge is -2.21. The molecule has 8 nitrogen and oxygen atoms in total. The first-order chi connectivity index (χ1) is 14.1. The maximum Gasteiger partial charge on any atom is 0.268 e. The maximum atomic E-state index is 12.9. The van der Waals surface area contributed by atoms with Gasteiger partial charge in [0.25, 0.3) is 5.91 Å². The Hall–Kier alpha value is -2.82. The number of aromatic amines is 1. The smallest absolute Gasteiger partial charge is 0.268 e. The molecule has 30 heavy (non-hydrogen) atoms. The molecule has 3 atom stereocenters. The van der Waals surface area contributed by atoms with Crippen molar-refractivity contribution in [2.24, 2.45) is 11.8 Å². The van der Waals surface area contributed by atoms with Crippen LogP contribution < -0.4 is 16.0 Å². The topological polar surface area (TPSA) is 127 Å². The molecule has 3 rings (SSSR count). The fourth-order valence-electron chi connectivity index (χ4n) is 4.02. The highest BCUT2D eigenvalue weighted by atomic mass is 16.2. The van der Waals surface area contributed by atoms with Gasteiger partial charge in [0.1, 0.15) is 17.8 Å². The van der Waals surface area contributed by atoms with Crippen LogP contribution in [0, 0.1) is 37.0 Å². The van der Waals surface area contributed by atoms with E-state index in [1.54, 1.807) is 6.07 Å². The second kappa shape index (κ2) is 8.50. The molecule has 1 saturated heterocycles. The number of carbonyl (C=O) groups is 3. The normalized spacial score (nSPS) is 22.0. The average Bonchev–Trinajstić information content (AvgIpc) is 3.36. The summed E-state index contributed by atoms with van der Waals surface area (Å²) >= 11 is 0. The Morgan fingerprint density at radius 2 is 1.97 bits per heavy atom. The molecule has 0 bridgehead atoms. The quantitative estimate of drug-likeness (QED) is 0.519. The molecule has 1 saturated carbocycles. The van der Waals surface area contributed by atoms with Crippen LogP contribution in [0.2, 0.25) is 0 Å². The summed E-state index contributed by atoms with van der Waals surface area (Å²) in [6, 6.07) is 2.36. The molecule has 8 heteroatoms. The molecule has 0 aromatic carbocycles. The van der Waals surface area contributed by atoms with Gasteiger partial charge in [0, 0.05) is 17.2 Å². The Morgan fingerprint density at radius 1 is 1.27 bits per heavy atom. The molecular formula is C22H31N5O3. The molecule has 2 unspecified atom stereocenters. The molecule has 2 aliphatic rings. The van der Waals surface area contributed by atoms with E-state index in [1.165, 1.54) is 0 Å². The number of aromatic nitrogens is 1. The predicted octanol–water partition coefficient (Wildman–Crippen LogP) is 1.84. The SMILES string of the molecule is Cc1cc(C(=O)NC(CC2CC2)C(=O)NC(C#N)C[C@@H]2CC(C)(C)NC2=O)[nH]c1C. The molecule has 1 aliphatic heterocycles. The summed E-state index contributed by atoms with van der Waals surface area (Å²) in [5.74, 6) is -0.701. The van der Waals surface area contributed by atoms with Crippen LogP contribution in [0.3, 0.4) is 0 Å². The summed E-state index contributed by atoms with van der Waals surface area (Å²) < 4.78 is 0. The van der Waals surface area contributed by atoms with Crippen LogP contribution in [-0.2, 0) is 9.59 Å². The van der Waals surface area contributed by atoms with Gasteiger partial charge < -0.3 is 20.9 Å². The third-order valence-corrected chi connectivity index (χ3v) is 5.99. The van der Waals surface area contributed by atoms with E-state index in [0.29, 0.717) is 24.5 Å². The van der Waals surface area contributed by atoms with Crippen molar-refractivity contribution in [3.8, 4) is 6.07 Å². The van der Waals surface area contributed by atoms with Crippen molar-refractivity contribution in [2.45, 2.75) is 77.4 Å². The Morgan fingerprint density at radius 3 is 2.47 bits per heavy atom. The van der Waals surface area contributed by atoms with Crippen LogP contribution in [0.15, 0.2) is 6.07 Å². The molecular weight excluding hydrogens is 382 g/mol. The van der Waals surface area contributed by atoms with Crippen LogP contribution >= 0.6 is 0 Å². The van der Waals surface area contributed by atoms with Crippen molar-refractivity contribution in [1.82, 2.24) is 20.9 Å². The van der Waals surface area contributed by atoms with Gasteiger partial charge in [0.2, 0.25) is 11.8 Å². The van der Waals surface area contributed by atoms with Crippen molar-refractivity contribution in [3.63, 3.8) is 0 Å². The summed E-state index contributed by atoms with van der Waals surface area (Å²) in [5.41, 5.74) is 2.00. The van der Waals surface area contributed by atoms with Crippen molar-refractivity contribution >= 4 is 17.7 Å². The second-order valence-electron chi connectivity index (χ2n) is 9.40. The second-order valence-corrected chi connectivity index (χ2v) is 9.40. The lowest BCUT2D eigenvalue weighted by atomic mass is 9.92. The number of H-pyrrole nitrogens is 1. The first kappa shape index (κ1) is 21.9. The molecule has 1 aliphatic carbocycles. The molecule has 4 N–H and O–H groups in total. The highest BCUT2D eigenvalue weighted by molar-refractivity contribution is 5.96. The zero-order chi connectivity index (χ0) is 22.1. The Bertz CT molecular complexity index is 858. The molecule has 3 amide bonds. The zero-order valence-electron chi connectivity index (χ0n) is 18.1. The molecule has 1 aromatic heterocycles. The van der Waals surface area contributed by atoms with E-state index in [0.717, 1.165) is 24.1 Å². The summed E-state index contributed by atoms with van der Waals surface area (Å²) in [7, 11) is 0. The van der Waals surface area contributed by atoms with E-state index in [4.69, 9.17) is 0 Å². The number of aryl methyl sites for hydroxylation is 2. The van der Waals surface area contributed by atoms with E-state index >= 15 is 0 Å². The number of nitrogens with zero attached hydrogens (tertiary/aromatic N) is 1. The minimum absolute atomic E-state index is 0.0881. The Balaban J connectivity index is 1.63. The number of hydrogen-bond donors (Lipinski definition) is 4. The first-order valence-corrected chi connectivity index (χ1v) is 10.6. The minimum Gasteiger partial charge on any atom is -0.354 e. The third-order valence-electron chi connectivity index (χ3n) is 5.99. The van der Waals surface area contributed by atoms with Crippen LogP contribution in [0.1, 0.15) is 67.7 Å². The molecule has 2 fully saturated rings. The van der Waals surface area contributed by atoms with Crippen LogP contribution in [0.25, 0.3) is 0 Å². The number of amides is 3. The average molecular weight is 414 g/mol. The lowest BCUT2D eigenvalue weighted by molar-refractivity contribution is -0.125. The monoisotopic (exact) mass is 413 g/mol. The van der Waals surface area contributed by atoms with Crippen molar-refractivity contribution in [3.05, 3.63) is 23.0 Å². The van der Waals surface area contributed by atoms with Gasteiger partial charge in [-0.3, -0.25) is 14.4 Å². The number of hydrogen-bond acceptors (Lipinski definition) is 4. The summed E-state index contributed by atoms with van der Waals surface area (Å²) in [6.45, 7) is 7.68. The van der Waals surface area contributed by atoms with Gasteiger partial charge in [-0.05, 0) is 64.5 Å². The fourth-order valence-corrected chi connectivity index (χ4v) is 4.02. The predicted molar refractivity (Wildman–Crippen MR) is 111 cm³/mol. The van der Waals surface area contributed by atoms with E-state index < -0.39 is 12.1 Å². The third kappa shape index (κ3) is 5.41. The largest absolute Gasteiger partial charge is 0.354 e. The lowest BCUT2D eigenvalue weighted by Crippen LogP contribution is -2.50. The Kier molecular flexibility index (Phi) is 6.20. The van der Waals surface area contributed by atoms with Crippen LogP contribution in [0.5, 0.6) is 0 Å². The molecule has 1 aromatic rings. The highest BCUT2D eigenvalue weighted by Gasteiger charge is 2.39. The standard InChI is InChI=1S/C22H31N5O3/c1-12-7-17(24-13(12)2)21(30)26-18(8-14-5-6-14)20(29)25-16(11-23)9-15-10-22(3,4)27-19(15)28/h7,14-16,18,24H,5-6,8-10H2,1-4H3,(H,25,29)(H,26,30)(H,27,28)/t15-,16?,18?/m1/s1. The number of rotatable bonds is 8. The van der Waals surface area contributed by atoms with Gasteiger partial charge in [-0.1, -0.05) is 12.8 Å². The summed E-state index contributed by atoms with van der Waals surface area (Å²) in [5, 5.41) is 18.0. The Labute approximate surface area is 177 Å². The highest BCUT2D eigenvalue weighted by Crippen LogP contribution is 2.34. The van der Waals surface area contributed by atoms with Gasteiger partial charge in [-0.2, -0.15) is 5.26 Å². The summed E-state index contributed by atoms with van der Waals surface area (Å²) in [6.07, 6.45) is 3.51. The van der Waals surface area contributed by atoms with Gasteiger partial charge in [0.05, 0.1) is 6.07 Å².